The molecular formula is C16H32N2O3. The van der Waals surface area contributed by atoms with Gasteiger partial charge in [-0.15, -0.1) is 0 Å². The van der Waals surface area contributed by atoms with E-state index in [0.717, 1.165) is 32.1 Å². The number of amides is 1. The van der Waals surface area contributed by atoms with E-state index in [1.165, 1.54) is 0 Å². The largest absolute Gasteiger partial charge is 0.481 e. The van der Waals surface area contributed by atoms with Crippen LogP contribution in [-0.2, 0) is 9.59 Å². The lowest BCUT2D eigenvalue weighted by Gasteiger charge is -2.16. The van der Waals surface area contributed by atoms with Gasteiger partial charge in [0.2, 0.25) is 5.91 Å². The first kappa shape index (κ1) is 19.9. The topological polar surface area (TPSA) is 92.4 Å². The van der Waals surface area contributed by atoms with E-state index in [-0.39, 0.29) is 12.3 Å². The van der Waals surface area contributed by atoms with Crippen molar-refractivity contribution in [1.82, 2.24) is 5.32 Å². The van der Waals surface area contributed by atoms with Gasteiger partial charge in [0.25, 0.3) is 0 Å². The summed E-state index contributed by atoms with van der Waals surface area (Å²) in [5.41, 5.74) is 5.49. The summed E-state index contributed by atoms with van der Waals surface area (Å²) in [4.78, 5) is 22.3. The van der Waals surface area contributed by atoms with Crippen LogP contribution in [-0.4, -0.2) is 30.1 Å². The summed E-state index contributed by atoms with van der Waals surface area (Å²) in [6.45, 7) is 5.54. The second kappa shape index (κ2) is 12.6. The maximum absolute atomic E-state index is 11.7. The molecule has 5 heteroatoms. The Kier molecular flexibility index (Phi) is 12.0. The van der Waals surface area contributed by atoms with Crippen LogP contribution in [0.4, 0.5) is 0 Å². The summed E-state index contributed by atoms with van der Waals surface area (Å²) >= 11 is 0. The van der Waals surface area contributed by atoms with Crippen molar-refractivity contribution in [3.05, 3.63) is 0 Å². The third-order valence-corrected chi connectivity index (χ3v) is 3.86. The van der Waals surface area contributed by atoms with Crippen LogP contribution in [0.2, 0.25) is 0 Å². The van der Waals surface area contributed by atoms with Gasteiger partial charge in [-0.2, -0.15) is 0 Å². The van der Waals surface area contributed by atoms with Crippen molar-refractivity contribution in [3.63, 3.8) is 0 Å². The first-order valence-electron chi connectivity index (χ1n) is 8.18. The molecule has 0 bridgehead atoms. The number of nitrogens with two attached hydrogens (primary N) is 1. The molecule has 0 fully saturated rings. The minimum Gasteiger partial charge on any atom is -0.481 e. The smallest absolute Gasteiger partial charge is 0.303 e. The number of carboxylic acid groups (broad SMARTS) is 1. The maximum Gasteiger partial charge on any atom is 0.303 e. The van der Waals surface area contributed by atoms with Crippen LogP contribution < -0.4 is 11.1 Å². The van der Waals surface area contributed by atoms with Gasteiger partial charge in [-0.3, -0.25) is 9.59 Å². The lowest BCUT2D eigenvalue weighted by Crippen LogP contribution is -2.26. The van der Waals surface area contributed by atoms with Crippen molar-refractivity contribution >= 4 is 11.9 Å². The van der Waals surface area contributed by atoms with Gasteiger partial charge in [0.15, 0.2) is 0 Å². The Hall–Kier alpha value is -1.10. The van der Waals surface area contributed by atoms with Crippen molar-refractivity contribution in [3.8, 4) is 0 Å². The molecule has 1 amide bonds. The van der Waals surface area contributed by atoms with E-state index >= 15 is 0 Å². The molecule has 0 rings (SSSR count). The molecule has 0 radical (unpaired) electrons. The molecule has 0 saturated carbocycles. The normalized spacial score (nSPS) is 13.7. The molecule has 2 atom stereocenters. The highest BCUT2D eigenvalue weighted by atomic mass is 16.4. The van der Waals surface area contributed by atoms with Gasteiger partial charge in [-0.1, -0.05) is 26.7 Å². The Morgan fingerprint density at radius 2 is 1.81 bits per heavy atom. The third-order valence-electron chi connectivity index (χ3n) is 3.86. The summed E-state index contributed by atoms with van der Waals surface area (Å²) in [5.74, 6) is 0.230. The minimum atomic E-state index is -0.742. The average Bonchev–Trinajstić information content (AvgIpc) is 2.42. The molecule has 0 aromatic rings. The van der Waals surface area contributed by atoms with Gasteiger partial charge in [0, 0.05) is 19.4 Å². The number of hydrogen-bond donors (Lipinski definition) is 3. The fourth-order valence-electron chi connectivity index (χ4n) is 2.48. The summed E-state index contributed by atoms with van der Waals surface area (Å²) in [6.07, 6.45) is 6.24. The highest BCUT2D eigenvalue weighted by molar-refractivity contribution is 5.75. The molecule has 0 aromatic heterocycles. The van der Waals surface area contributed by atoms with E-state index in [0.29, 0.717) is 37.8 Å². The van der Waals surface area contributed by atoms with Crippen molar-refractivity contribution in [2.75, 3.05) is 13.1 Å². The molecule has 0 aliphatic heterocycles. The number of nitrogens with one attached hydrogen (secondary N) is 1. The number of carboxylic acids is 1. The lowest BCUT2D eigenvalue weighted by molar-refractivity contribution is -0.137. The molecule has 21 heavy (non-hydrogen) atoms. The summed E-state index contributed by atoms with van der Waals surface area (Å²) < 4.78 is 0. The summed E-state index contributed by atoms with van der Waals surface area (Å²) in [6, 6.07) is 0. The number of aliphatic carboxylic acids is 1. The van der Waals surface area contributed by atoms with Gasteiger partial charge < -0.3 is 16.2 Å². The predicted octanol–water partition coefficient (Wildman–Crippen LogP) is 2.54. The Morgan fingerprint density at radius 1 is 1.10 bits per heavy atom. The fourth-order valence-corrected chi connectivity index (χ4v) is 2.48. The number of rotatable bonds is 13. The van der Waals surface area contributed by atoms with E-state index in [1.807, 2.05) is 0 Å². The minimum absolute atomic E-state index is 0.0901. The first-order chi connectivity index (χ1) is 9.99. The van der Waals surface area contributed by atoms with Crippen LogP contribution >= 0.6 is 0 Å². The van der Waals surface area contributed by atoms with Crippen LogP contribution in [0.5, 0.6) is 0 Å². The number of hydrogen-bond acceptors (Lipinski definition) is 3. The summed E-state index contributed by atoms with van der Waals surface area (Å²) in [5, 5.41) is 11.7. The molecule has 0 aromatic carbocycles. The molecule has 0 spiro atoms. The standard InChI is InChI=1S/C16H32N2O3/c1-3-4-14(6-8-16(20)21)10-12-18-15(19)7-5-13(2)9-11-17/h13-14H,3-12,17H2,1-2H3,(H,18,19)(H,20,21). The van der Waals surface area contributed by atoms with Crippen molar-refractivity contribution < 1.29 is 14.7 Å². The molecule has 2 unspecified atom stereocenters. The number of carbonyl (C=O) groups excluding carboxylic acids is 1. The van der Waals surface area contributed by atoms with E-state index < -0.39 is 5.97 Å². The maximum atomic E-state index is 11.7. The second-order valence-corrected chi connectivity index (χ2v) is 5.95. The Labute approximate surface area is 128 Å². The van der Waals surface area contributed by atoms with Gasteiger partial charge in [-0.25, -0.2) is 0 Å². The molecule has 0 heterocycles. The monoisotopic (exact) mass is 300 g/mol. The van der Waals surface area contributed by atoms with Crippen molar-refractivity contribution in [2.45, 2.75) is 65.2 Å². The van der Waals surface area contributed by atoms with E-state index in [9.17, 15) is 9.59 Å². The zero-order valence-corrected chi connectivity index (χ0v) is 13.6. The Morgan fingerprint density at radius 3 is 2.38 bits per heavy atom. The quantitative estimate of drug-likeness (QED) is 0.487. The average molecular weight is 300 g/mol. The van der Waals surface area contributed by atoms with Crippen LogP contribution in [0, 0.1) is 11.8 Å². The molecule has 0 aliphatic carbocycles. The molecule has 124 valence electrons. The van der Waals surface area contributed by atoms with E-state index in [4.69, 9.17) is 10.8 Å². The molecular weight excluding hydrogens is 268 g/mol. The molecule has 0 aliphatic rings. The van der Waals surface area contributed by atoms with Crippen molar-refractivity contribution in [2.24, 2.45) is 17.6 Å². The molecule has 0 saturated heterocycles. The Balaban J connectivity index is 3.80. The van der Waals surface area contributed by atoms with E-state index in [1.54, 1.807) is 0 Å². The van der Waals surface area contributed by atoms with Crippen LogP contribution in [0.25, 0.3) is 0 Å². The van der Waals surface area contributed by atoms with Crippen LogP contribution in [0.1, 0.15) is 65.2 Å². The first-order valence-corrected chi connectivity index (χ1v) is 8.18. The SMILES string of the molecule is CCCC(CCNC(=O)CCC(C)CCN)CCC(=O)O. The van der Waals surface area contributed by atoms with Gasteiger partial charge >= 0.3 is 5.97 Å². The van der Waals surface area contributed by atoms with Crippen LogP contribution in [0.3, 0.4) is 0 Å². The van der Waals surface area contributed by atoms with Gasteiger partial charge in [0.05, 0.1) is 0 Å². The fraction of sp³-hybridized carbons (Fsp3) is 0.875. The highest BCUT2D eigenvalue weighted by Crippen LogP contribution is 2.17. The zero-order chi connectivity index (χ0) is 16.1. The lowest BCUT2D eigenvalue weighted by atomic mass is 9.94. The third kappa shape index (κ3) is 12.4. The van der Waals surface area contributed by atoms with Crippen molar-refractivity contribution in [1.29, 1.82) is 0 Å². The molecule has 5 nitrogen and oxygen atoms in total. The second-order valence-electron chi connectivity index (χ2n) is 5.95. The van der Waals surface area contributed by atoms with Gasteiger partial charge in [0.1, 0.15) is 0 Å². The van der Waals surface area contributed by atoms with Crippen LogP contribution in [0.15, 0.2) is 0 Å². The highest BCUT2D eigenvalue weighted by Gasteiger charge is 2.11. The summed E-state index contributed by atoms with van der Waals surface area (Å²) in [7, 11) is 0. The number of carbonyl (C=O) groups is 2. The zero-order valence-electron chi connectivity index (χ0n) is 13.6. The molecule has 4 N–H and O–H groups in total. The van der Waals surface area contributed by atoms with E-state index in [2.05, 4.69) is 19.2 Å². The Bertz CT molecular complexity index is 295. The predicted molar refractivity (Wildman–Crippen MR) is 85.0 cm³/mol. The van der Waals surface area contributed by atoms with Gasteiger partial charge in [-0.05, 0) is 44.1 Å².